The number of fused-ring (bicyclic) bond motifs is 1. The summed E-state index contributed by atoms with van der Waals surface area (Å²) >= 11 is 0. The van der Waals surface area contributed by atoms with Crippen molar-refractivity contribution < 1.29 is 9.90 Å². The third kappa shape index (κ3) is 2.57. The number of anilines is 1. The summed E-state index contributed by atoms with van der Waals surface area (Å²) in [7, 11) is 2.08. The van der Waals surface area contributed by atoms with Crippen LogP contribution in [0.4, 0.5) is 5.69 Å². The number of nitrogens with one attached hydrogen (secondary N) is 1. The molecule has 1 amide bonds. The molecule has 142 valence electrons. The van der Waals surface area contributed by atoms with Gasteiger partial charge in [0.05, 0.1) is 11.3 Å². The minimum Gasteiger partial charge on any atom is -0.508 e. The number of hydrogen-bond donors (Lipinski definition) is 4. The maximum Gasteiger partial charge on any atom is 0.252 e. The molecule has 4 rings (SSSR count). The smallest absolute Gasteiger partial charge is 0.252 e. The largest absolute Gasteiger partial charge is 0.508 e. The lowest BCUT2D eigenvalue weighted by Crippen LogP contribution is -2.48. The number of carbonyl (C=O) groups is 1. The Kier molecular flexibility index (Phi) is 3.92. The molecule has 7 nitrogen and oxygen atoms in total. The summed E-state index contributed by atoms with van der Waals surface area (Å²) in [6.07, 6.45) is 2.64. The van der Waals surface area contributed by atoms with E-state index in [2.05, 4.69) is 17.3 Å². The predicted octanol–water partition coefficient (Wildman–Crippen LogP) is 0.930. The van der Waals surface area contributed by atoms with Crippen LogP contribution in [0.25, 0.3) is 0 Å². The van der Waals surface area contributed by atoms with E-state index in [9.17, 15) is 9.90 Å². The number of phenols is 1. The van der Waals surface area contributed by atoms with Gasteiger partial charge in [0, 0.05) is 36.3 Å². The second kappa shape index (κ2) is 6.06. The summed E-state index contributed by atoms with van der Waals surface area (Å²) in [6.45, 7) is 5.59. The van der Waals surface area contributed by atoms with Crippen LogP contribution in [0, 0.1) is 13.8 Å². The molecule has 1 unspecified atom stereocenters. The fraction of sp³-hybridized carbons (Fsp3) is 0.350. The highest BCUT2D eigenvalue weighted by atomic mass is 16.3. The molecule has 27 heavy (non-hydrogen) atoms. The molecule has 0 bridgehead atoms. The van der Waals surface area contributed by atoms with Gasteiger partial charge in [-0.1, -0.05) is 6.07 Å². The summed E-state index contributed by atoms with van der Waals surface area (Å²) in [4.78, 5) is 16.3. The standard InChI is InChI=1S/C20H25N5O2/c1-10-4-5-15(26)11(2)17(10)25-18(21)16(19(22)27)13-8-12-9-24(3)7-6-14(12)23-20(13)25/h4-5,8,20,23,26H,6-7,9,21H2,1-3H3,(H2,22,27). The Morgan fingerprint density at radius 1 is 1.33 bits per heavy atom. The average molecular weight is 367 g/mol. The number of carbonyl (C=O) groups excluding carboxylic acids is 1. The van der Waals surface area contributed by atoms with Gasteiger partial charge in [-0.15, -0.1) is 0 Å². The van der Waals surface area contributed by atoms with Crippen LogP contribution in [-0.4, -0.2) is 42.2 Å². The Balaban J connectivity index is 1.89. The number of phenolic OH excluding ortho intramolecular Hbond substituents is 1. The van der Waals surface area contributed by atoms with E-state index in [1.807, 2.05) is 30.9 Å². The Bertz CT molecular complexity index is 944. The molecule has 0 saturated heterocycles. The summed E-state index contributed by atoms with van der Waals surface area (Å²) in [5.41, 5.74) is 18.1. The number of aryl methyl sites for hydroxylation is 1. The molecule has 3 aliphatic rings. The number of benzene rings is 1. The van der Waals surface area contributed by atoms with Gasteiger partial charge in [0.2, 0.25) is 0 Å². The molecule has 0 fully saturated rings. The van der Waals surface area contributed by atoms with Gasteiger partial charge in [0.25, 0.3) is 5.91 Å². The van der Waals surface area contributed by atoms with Crippen molar-refractivity contribution in [3.8, 4) is 5.75 Å². The number of nitrogens with zero attached hydrogens (tertiary/aromatic N) is 2. The third-order valence-electron chi connectivity index (χ3n) is 5.66. The molecule has 7 heteroatoms. The zero-order valence-corrected chi connectivity index (χ0v) is 15.8. The van der Waals surface area contributed by atoms with E-state index >= 15 is 0 Å². The second-order valence-electron chi connectivity index (χ2n) is 7.51. The molecule has 0 aromatic heterocycles. The lowest BCUT2D eigenvalue weighted by atomic mass is 9.94. The quantitative estimate of drug-likeness (QED) is 0.619. The van der Waals surface area contributed by atoms with Crippen LogP contribution in [0.1, 0.15) is 17.5 Å². The number of amides is 1. The fourth-order valence-electron chi connectivity index (χ4n) is 4.27. The molecule has 1 aromatic carbocycles. The molecule has 1 atom stereocenters. The van der Waals surface area contributed by atoms with Gasteiger partial charge in [-0.25, -0.2) is 0 Å². The van der Waals surface area contributed by atoms with Crippen molar-refractivity contribution in [1.82, 2.24) is 10.2 Å². The second-order valence-corrected chi connectivity index (χ2v) is 7.51. The van der Waals surface area contributed by atoms with Crippen LogP contribution < -0.4 is 21.7 Å². The van der Waals surface area contributed by atoms with Crippen LogP contribution in [0.5, 0.6) is 5.75 Å². The first kappa shape index (κ1) is 17.5. The topological polar surface area (TPSA) is 108 Å². The monoisotopic (exact) mass is 367 g/mol. The molecule has 0 radical (unpaired) electrons. The molecule has 6 N–H and O–H groups in total. The van der Waals surface area contributed by atoms with Gasteiger partial charge in [-0.3, -0.25) is 4.79 Å². The highest BCUT2D eigenvalue weighted by molar-refractivity contribution is 6.01. The van der Waals surface area contributed by atoms with Crippen molar-refractivity contribution in [2.24, 2.45) is 11.5 Å². The van der Waals surface area contributed by atoms with Gasteiger partial charge in [-0.2, -0.15) is 0 Å². The van der Waals surface area contributed by atoms with Crippen molar-refractivity contribution in [3.63, 3.8) is 0 Å². The van der Waals surface area contributed by atoms with Crippen molar-refractivity contribution in [1.29, 1.82) is 0 Å². The summed E-state index contributed by atoms with van der Waals surface area (Å²) < 4.78 is 0. The molecule has 0 aliphatic carbocycles. The van der Waals surface area contributed by atoms with Gasteiger partial charge in [0.15, 0.2) is 0 Å². The fourth-order valence-corrected chi connectivity index (χ4v) is 4.27. The SMILES string of the molecule is Cc1ccc(O)c(C)c1N1C(N)=C(C(N)=O)C2=CC3=C(CCN(C)C3)NC21. The number of likely N-dealkylation sites (N-methyl/N-ethyl adjacent to an activating group) is 1. The lowest BCUT2D eigenvalue weighted by Gasteiger charge is -2.38. The van der Waals surface area contributed by atoms with Crippen LogP contribution in [0.15, 0.2) is 46.4 Å². The summed E-state index contributed by atoms with van der Waals surface area (Å²) in [5.74, 6) is -0.0376. The Labute approximate surface area is 158 Å². The molecule has 0 saturated carbocycles. The van der Waals surface area contributed by atoms with Gasteiger partial charge < -0.3 is 31.7 Å². The Hall–Kier alpha value is -2.93. The molecular weight excluding hydrogens is 342 g/mol. The third-order valence-corrected chi connectivity index (χ3v) is 5.66. The molecular formula is C20H25N5O2. The zero-order chi connectivity index (χ0) is 19.5. The Morgan fingerprint density at radius 2 is 2.07 bits per heavy atom. The first-order valence-electron chi connectivity index (χ1n) is 9.06. The number of dihydropyridines is 1. The zero-order valence-electron chi connectivity index (χ0n) is 15.8. The number of primary amides is 1. The van der Waals surface area contributed by atoms with Crippen LogP contribution in [-0.2, 0) is 4.79 Å². The van der Waals surface area contributed by atoms with E-state index in [0.717, 1.165) is 41.9 Å². The molecule has 3 heterocycles. The maximum absolute atomic E-state index is 12.2. The van der Waals surface area contributed by atoms with Crippen LogP contribution in [0.3, 0.4) is 0 Å². The van der Waals surface area contributed by atoms with E-state index in [1.54, 1.807) is 6.07 Å². The van der Waals surface area contributed by atoms with Crippen molar-refractivity contribution in [2.45, 2.75) is 26.4 Å². The van der Waals surface area contributed by atoms with E-state index in [-0.39, 0.29) is 11.9 Å². The first-order valence-corrected chi connectivity index (χ1v) is 9.06. The van der Waals surface area contributed by atoms with Crippen LogP contribution in [0.2, 0.25) is 0 Å². The minimum atomic E-state index is -0.545. The van der Waals surface area contributed by atoms with Crippen LogP contribution >= 0.6 is 0 Å². The predicted molar refractivity (Wildman–Crippen MR) is 105 cm³/mol. The van der Waals surface area contributed by atoms with Gasteiger partial charge in [-0.05, 0) is 44.2 Å². The van der Waals surface area contributed by atoms with Gasteiger partial charge in [0.1, 0.15) is 17.7 Å². The molecule has 3 aliphatic heterocycles. The number of nitrogens with two attached hydrogens (primary N) is 2. The number of hydrogen-bond acceptors (Lipinski definition) is 6. The summed E-state index contributed by atoms with van der Waals surface area (Å²) in [5, 5.41) is 13.8. The van der Waals surface area contributed by atoms with E-state index in [4.69, 9.17) is 11.5 Å². The first-order chi connectivity index (χ1) is 12.8. The van der Waals surface area contributed by atoms with Crippen molar-refractivity contribution in [2.75, 3.05) is 25.0 Å². The van der Waals surface area contributed by atoms with E-state index in [1.165, 1.54) is 5.70 Å². The average Bonchev–Trinajstić information content (AvgIpc) is 2.88. The normalized spacial score (nSPS) is 22.4. The van der Waals surface area contributed by atoms with E-state index < -0.39 is 5.91 Å². The highest BCUT2D eigenvalue weighted by Crippen LogP contribution is 2.42. The lowest BCUT2D eigenvalue weighted by molar-refractivity contribution is -0.114. The van der Waals surface area contributed by atoms with Crippen molar-refractivity contribution >= 4 is 11.6 Å². The summed E-state index contributed by atoms with van der Waals surface area (Å²) in [6, 6.07) is 3.52. The number of aromatic hydroxyl groups is 1. The molecule has 0 spiro atoms. The number of rotatable bonds is 2. The Morgan fingerprint density at radius 3 is 2.78 bits per heavy atom. The highest BCUT2D eigenvalue weighted by Gasteiger charge is 2.42. The molecule has 1 aromatic rings. The minimum absolute atomic E-state index is 0.191. The maximum atomic E-state index is 12.2. The van der Waals surface area contributed by atoms with Crippen molar-refractivity contribution in [3.05, 3.63) is 57.6 Å². The van der Waals surface area contributed by atoms with E-state index in [0.29, 0.717) is 17.0 Å². The van der Waals surface area contributed by atoms with Gasteiger partial charge >= 0.3 is 0 Å².